The average molecular weight is 315 g/mol. The van der Waals surface area contributed by atoms with Gasteiger partial charge in [0.15, 0.2) is 5.82 Å². The van der Waals surface area contributed by atoms with Gasteiger partial charge >= 0.3 is 5.97 Å². The fraction of sp³-hybridized carbons (Fsp3) is 0. The van der Waals surface area contributed by atoms with E-state index in [1.54, 1.807) is 0 Å². The van der Waals surface area contributed by atoms with Crippen molar-refractivity contribution in [1.82, 2.24) is 9.97 Å². The summed E-state index contributed by atoms with van der Waals surface area (Å²) in [5.41, 5.74) is -1.40. The Hall–Kier alpha value is -2.62. The number of hydrogen-bond donors (Lipinski definition) is 2. The summed E-state index contributed by atoms with van der Waals surface area (Å²) in [6.45, 7) is 0. The first-order chi connectivity index (χ1) is 9.83. The number of carbonyl (C=O) groups is 1. The number of nitrogens with one attached hydrogen (secondary N) is 1. The Bertz CT molecular complexity index is 797. The lowest BCUT2D eigenvalue weighted by Gasteiger charge is -2.09. The molecule has 2 N–H and O–H groups in total. The van der Waals surface area contributed by atoms with Crippen molar-refractivity contribution in [3.63, 3.8) is 0 Å². The highest BCUT2D eigenvalue weighted by molar-refractivity contribution is 7.92. The van der Waals surface area contributed by atoms with Gasteiger partial charge in [-0.1, -0.05) is 0 Å². The second-order valence-corrected chi connectivity index (χ2v) is 5.42. The zero-order valence-corrected chi connectivity index (χ0v) is 10.9. The summed E-state index contributed by atoms with van der Waals surface area (Å²) >= 11 is 0. The molecule has 0 aliphatic carbocycles. The Kier molecular flexibility index (Phi) is 3.80. The van der Waals surface area contributed by atoms with Crippen LogP contribution in [0.15, 0.2) is 35.7 Å². The summed E-state index contributed by atoms with van der Waals surface area (Å²) in [4.78, 5) is 16.9. The molecule has 0 saturated heterocycles. The van der Waals surface area contributed by atoms with Crippen LogP contribution in [0, 0.1) is 11.6 Å². The molecule has 110 valence electrons. The molecule has 0 unspecified atom stereocenters. The quantitative estimate of drug-likeness (QED) is 0.879. The number of sulfonamides is 1. The van der Waals surface area contributed by atoms with E-state index in [-0.39, 0.29) is 5.69 Å². The van der Waals surface area contributed by atoms with Gasteiger partial charge in [-0.25, -0.2) is 32.0 Å². The minimum Gasteiger partial charge on any atom is -0.477 e. The molecule has 1 heterocycles. The number of halogens is 2. The van der Waals surface area contributed by atoms with Gasteiger partial charge in [0.2, 0.25) is 0 Å². The maximum atomic E-state index is 13.9. The van der Waals surface area contributed by atoms with Crippen molar-refractivity contribution in [2.24, 2.45) is 0 Å². The summed E-state index contributed by atoms with van der Waals surface area (Å²) in [5, 5.41) is 8.71. The standard InChI is InChI=1S/C11H7F2N3O4S/c12-7-1-2-8(10(13)9(7)11(17)18)21(19,20)16-6-3-14-5-15-4-6/h1-5,16H,(H,17,18). The van der Waals surface area contributed by atoms with Crippen LogP contribution >= 0.6 is 0 Å². The second-order valence-electron chi connectivity index (χ2n) is 3.77. The minimum atomic E-state index is -4.45. The van der Waals surface area contributed by atoms with Gasteiger partial charge in [-0.05, 0) is 12.1 Å². The molecule has 0 radical (unpaired) electrons. The van der Waals surface area contributed by atoms with Gasteiger partial charge in [0.05, 0.1) is 18.1 Å². The summed E-state index contributed by atoms with van der Waals surface area (Å²) < 4.78 is 53.1. The summed E-state index contributed by atoms with van der Waals surface area (Å²) in [6, 6.07) is 1.19. The molecule has 1 aromatic carbocycles. The lowest BCUT2D eigenvalue weighted by Crippen LogP contribution is -2.17. The van der Waals surface area contributed by atoms with Crippen molar-refractivity contribution in [3.8, 4) is 0 Å². The molecular formula is C11H7F2N3O4S. The van der Waals surface area contributed by atoms with Crippen LogP contribution in [0.5, 0.6) is 0 Å². The first-order valence-corrected chi connectivity index (χ1v) is 6.80. The molecule has 0 amide bonds. The number of benzene rings is 1. The van der Waals surface area contributed by atoms with Crippen LogP contribution in [0.4, 0.5) is 14.5 Å². The lowest BCUT2D eigenvalue weighted by molar-refractivity contribution is 0.0685. The number of aromatic nitrogens is 2. The molecule has 0 fully saturated rings. The third kappa shape index (κ3) is 2.94. The molecule has 0 atom stereocenters. The van der Waals surface area contributed by atoms with Gasteiger partial charge in [0.25, 0.3) is 10.0 Å². The van der Waals surface area contributed by atoms with Crippen LogP contribution in [0.3, 0.4) is 0 Å². The van der Waals surface area contributed by atoms with Crippen LogP contribution in [-0.4, -0.2) is 29.5 Å². The number of carboxylic acid groups (broad SMARTS) is 1. The van der Waals surface area contributed by atoms with E-state index >= 15 is 0 Å². The number of rotatable bonds is 4. The highest BCUT2D eigenvalue weighted by Gasteiger charge is 2.27. The molecule has 0 aliphatic heterocycles. The van der Waals surface area contributed by atoms with Gasteiger partial charge in [-0.2, -0.15) is 0 Å². The molecule has 0 spiro atoms. The van der Waals surface area contributed by atoms with Crippen LogP contribution in [-0.2, 0) is 10.0 Å². The highest BCUT2D eigenvalue weighted by Crippen LogP contribution is 2.23. The van der Waals surface area contributed by atoms with Crippen molar-refractivity contribution in [1.29, 1.82) is 0 Å². The zero-order chi connectivity index (χ0) is 15.6. The fourth-order valence-corrected chi connectivity index (χ4v) is 2.61. The third-order valence-electron chi connectivity index (χ3n) is 2.37. The smallest absolute Gasteiger partial charge is 0.341 e. The van der Waals surface area contributed by atoms with E-state index in [9.17, 15) is 22.0 Å². The molecule has 0 bridgehead atoms. The SMILES string of the molecule is O=C(O)c1c(F)ccc(S(=O)(=O)Nc2cncnc2)c1F. The van der Waals surface area contributed by atoms with Crippen LogP contribution in [0.25, 0.3) is 0 Å². The largest absolute Gasteiger partial charge is 0.477 e. The Balaban J connectivity index is 2.51. The summed E-state index contributed by atoms with van der Waals surface area (Å²) in [6.07, 6.45) is 3.38. The average Bonchev–Trinajstić information content (AvgIpc) is 2.38. The number of aromatic carboxylic acids is 1. The van der Waals surface area contributed by atoms with Gasteiger partial charge in [-0.15, -0.1) is 0 Å². The lowest BCUT2D eigenvalue weighted by atomic mass is 10.2. The van der Waals surface area contributed by atoms with E-state index in [4.69, 9.17) is 5.11 Å². The van der Waals surface area contributed by atoms with Crippen molar-refractivity contribution in [3.05, 3.63) is 48.1 Å². The Labute approximate surface area is 117 Å². The van der Waals surface area contributed by atoms with Crippen molar-refractivity contribution in [2.75, 3.05) is 4.72 Å². The predicted molar refractivity (Wildman–Crippen MR) is 66.2 cm³/mol. The molecule has 10 heteroatoms. The van der Waals surface area contributed by atoms with Crippen molar-refractivity contribution >= 4 is 21.7 Å². The van der Waals surface area contributed by atoms with E-state index in [0.29, 0.717) is 12.1 Å². The van der Waals surface area contributed by atoms with E-state index in [2.05, 4.69) is 9.97 Å². The molecule has 0 saturated carbocycles. The molecule has 7 nitrogen and oxygen atoms in total. The fourth-order valence-electron chi connectivity index (χ4n) is 1.50. The van der Waals surface area contributed by atoms with Crippen LogP contribution in [0.2, 0.25) is 0 Å². The molecule has 21 heavy (non-hydrogen) atoms. The first-order valence-electron chi connectivity index (χ1n) is 5.32. The molecule has 0 aliphatic rings. The van der Waals surface area contributed by atoms with Gasteiger partial charge in [0, 0.05) is 0 Å². The topological polar surface area (TPSA) is 109 Å². The predicted octanol–water partition coefficient (Wildman–Crippen LogP) is 1.25. The Morgan fingerprint density at radius 1 is 1.19 bits per heavy atom. The first kappa shape index (κ1) is 14.8. The minimum absolute atomic E-state index is 0.0573. The van der Waals surface area contributed by atoms with E-state index in [1.165, 1.54) is 0 Å². The second kappa shape index (κ2) is 5.40. The zero-order valence-electron chi connectivity index (χ0n) is 10.1. The monoisotopic (exact) mass is 315 g/mol. The van der Waals surface area contributed by atoms with E-state index in [0.717, 1.165) is 18.7 Å². The normalized spacial score (nSPS) is 11.1. The number of anilines is 1. The third-order valence-corrected chi connectivity index (χ3v) is 3.77. The number of hydrogen-bond acceptors (Lipinski definition) is 5. The van der Waals surface area contributed by atoms with Crippen molar-refractivity contribution in [2.45, 2.75) is 4.90 Å². The number of nitrogens with zero attached hydrogens (tertiary/aromatic N) is 2. The Morgan fingerprint density at radius 2 is 1.81 bits per heavy atom. The molecule has 2 aromatic rings. The van der Waals surface area contributed by atoms with Crippen LogP contribution < -0.4 is 4.72 Å². The van der Waals surface area contributed by atoms with Crippen LogP contribution in [0.1, 0.15) is 10.4 Å². The van der Waals surface area contributed by atoms with Crippen molar-refractivity contribution < 1.29 is 27.1 Å². The van der Waals surface area contributed by atoms with E-state index in [1.807, 2.05) is 4.72 Å². The van der Waals surface area contributed by atoms with Gasteiger partial charge < -0.3 is 5.11 Å². The molecular weight excluding hydrogens is 308 g/mol. The summed E-state index contributed by atoms with van der Waals surface area (Å²) in [5.74, 6) is -4.97. The maximum absolute atomic E-state index is 13.9. The summed E-state index contributed by atoms with van der Waals surface area (Å²) in [7, 11) is -4.45. The maximum Gasteiger partial charge on any atom is 0.341 e. The molecule has 2 rings (SSSR count). The molecule has 1 aromatic heterocycles. The van der Waals surface area contributed by atoms with Gasteiger partial charge in [-0.3, -0.25) is 4.72 Å². The Morgan fingerprint density at radius 3 is 2.38 bits per heavy atom. The van der Waals surface area contributed by atoms with E-state index < -0.39 is 38.1 Å². The number of carboxylic acids is 1. The van der Waals surface area contributed by atoms with Gasteiger partial charge in [0.1, 0.15) is 22.6 Å². The highest BCUT2D eigenvalue weighted by atomic mass is 32.2.